The summed E-state index contributed by atoms with van der Waals surface area (Å²) in [7, 11) is 0. The molecule has 0 aromatic carbocycles. The van der Waals surface area contributed by atoms with E-state index in [2.05, 4.69) is 15.9 Å². The Balaban J connectivity index is 0.00000121. The van der Waals surface area contributed by atoms with Crippen molar-refractivity contribution in [3.63, 3.8) is 0 Å². The third-order valence-corrected chi connectivity index (χ3v) is 3.14. The van der Waals surface area contributed by atoms with Crippen LogP contribution in [-0.4, -0.2) is 6.67 Å². The van der Waals surface area contributed by atoms with Gasteiger partial charge >= 0.3 is 0 Å². The molecule has 12 heavy (non-hydrogen) atoms. The van der Waals surface area contributed by atoms with Crippen molar-refractivity contribution in [2.24, 2.45) is 5.73 Å². The minimum Gasteiger partial charge on any atom is -0.323 e. The average Bonchev–Trinajstić information content (AvgIpc) is 2.36. The molecule has 1 heterocycles. The number of hydrogen-bond donors (Lipinski definition) is 1. The standard InChI is InChI=1S/C7H9BrFNS.ClH/c8-7-2-1-6(11-7)5(10)3-4-9;/h1-2,5H,3-4,10H2;1H/t5-;/m1./s1. The molecule has 1 atom stereocenters. The first-order valence-electron chi connectivity index (χ1n) is 3.31. The predicted octanol–water partition coefficient (Wildman–Crippen LogP) is 3.29. The van der Waals surface area contributed by atoms with E-state index in [0.29, 0.717) is 6.42 Å². The molecule has 0 fully saturated rings. The average molecular weight is 275 g/mol. The van der Waals surface area contributed by atoms with Crippen LogP contribution in [0.3, 0.4) is 0 Å². The molecule has 0 aliphatic rings. The van der Waals surface area contributed by atoms with E-state index in [1.165, 1.54) is 0 Å². The lowest BCUT2D eigenvalue weighted by atomic mass is 10.2. The van der Waals surface area contributed by atoms with Crippen LogP contribution in [0.25, 0.3) is 0 Å². The molecule has 70 valence electrons. The van der Waals surface area contributed by atoms with Crippen LogP contribution in [0.4, 0.5) is 4.39 Å². The molecule has 1 aromatic rings. The van der Waals surface area contributed by atoms with Gasteiger partial charge < -0.3 is 5.73 Å². The molecule has 0 unspecified atom stereocenters. The zero-order chi connectivity index (χ0) is 8.27. The van der Waals surface area contributed by atoms with E-state index in [0.717, 1.165) is 8.66 Å². The van der Waals surface area contributed by atoms with Gasteiger partial charge in [0.15, 0.2) is 0 Å². The number of thiophene rings is 1. The summed E-state index contributed by atoms with van der Waals surface area (Å²) in [5, 5.41) is 0. The minimum absolute atomic E-state index is 0. The first kappa shape index (κ1) is 12.4. The molecule has 1 rings (SSSR count). The molecular formula is C7H10BrClFNS. The van der Waals surface area contributed by atoms with Crippen molar-refractivity contribution in [1.29, 1.82) is 0 Å². The summed E-state index contributed by atoms with van der Waals surface area (Å²) in [6.07, 6.45) is 0.410. The topological polar surface area (TPSA) is 26.0 Å². The van der Waals surface area contributed by atoms with Crippen LogP contribution in [-0.2, 0) is 0 Å². The highest BCUT2D eigenvalue weighted by molar-refractivity contribution is 9.11. The van der Waals surface area contributed by atoms with E-state index < -0.39 is 0 Å². The second-order valence-electron chi connectivity index (χ2n) is 2.23. The molecule has 0 saturated carbocycles. The van der Waals surface area contributed by atoms with Gasteiger partial charge in [0.05, 0.1) is 10.5 Å². The molecule has 0 amide bonds. The van der Waals surface area contributed by atoms with E-state index in [9.17, 15) is 4.39 Å². The van der Waals surface area contributed by atoms with E-state index >= 15 is 0 Å². The Morgan fingerprint density at radius 3 is 2.67 bits per heavy atom. The van der Waals surface area contributed by atoms with Gasteiger partial charge in [0.25, 0.3) is 0 Å². The van der Waals surface area contributed by atoms with Crippen LogP contribution >= 0.6 is 39.7 Å². The van der Waals surface area contributed by atoms with Crippen LogP contribution < -0.4 is 5.73 Å². The lowest BCUT2D eigenvalue weighted by molar-refractivity contribution is 0.444. The van der Waals surface area contributed by atoms with Crippen molar-refractivity contribution in [1.82, 2.24) is 0 Å². The Bertz CT molecular complexity index is 231. The van der Waals surface area contributed by atoms with Crippen molar-refractivity contribution >= 4 is 39.7 Å². The zero-order valence-electron chi connectivity index (χ0n) is 6.30. The van der Waals surface area contributed by atoms with E-state index in [1.54, 1.807) is 11.3 Å². The fraction of sp³-hybridized carbons (Fsp3) is 0.429. The minimum atomic E-state index is -0.351. The lowest BCUT2D eigenvalue weighted by Gasteiger charge is -2.04. The smallest absolute Gasteiger partial charge is 0.0912 e. The summed E-state index contributed by atoms with van der Waals surface area (Å²) in [5.74, 6) is 0. The van der Waals surface area contributed by atoms with Gasteiger partial charge in [-0.2, -0.15) is 0 Å². The largest absolute Gasteiger partial charge is 0.323 e. The molecule has 5 heteroatoms. The van der Waals surface area contributed by atoms with Crippen LogP contribution in [0.5, 0.6) is 0 Å². The van der Waals surface area contributed by atoms with Crippen LogP contribution in [0.1, 0.15) is 17.3 Å². The Hall–Kier alpha value is 0.360. The van der Waals surface area contributed by atoms with Gasteiger partial charge in [-0.1, -0.05) is 0 Å². The Labute approximate surface area is 89.7 Å². The second kappa shape index (κ2) is 5.91. The predicted molar refractivity (Wildman–Crippen MR) is 56.8 cm³/mol. The maximum absolute atomic E-state index is 11.8. The molecule has 0 spiro atoms. The third-order valence-electron chi connectivity index (χ3n) is 1.38. The molecule has 1 aromatic heterocycles. The van der Waals surface area contributed by atoms with Crippen molar-refractivity contribution in [2.75, 3.05) is 6.67 Å². The SMILES string of the molecule is Cl.N[C@H](CCF)c1ccc(Br)s1. The Kier molecular flexibility index (Phi) is 6.09. The van der Waals surface area contributed by atoms with Gasteiger partial charge in [-0.05, 0) is 34.5 Å². The molecule has 0 radical (unpaired) electrons. The highest BCUT2D eigenvalue weighted by Crippen LogP contribution is 2.27. The normalized spacial score (nSPS) is 12.2. The number of halogens is 3. The van der Waals surface area contributed by atoms with Crippen molar-refractivity contribution in [2.45, 2.75) is 12.5 Å². The first-order valence-corrected chi connectivity index (χ1v) is 4.91. The van der Waals surface area contributed by atoms with E-state index in [-0.39, 0.29) is 25.1 Å². The number of rotatable bonds is 3. The van der Waals surface area contributed by atoms with Crippen molar-refractivity contribution < 1.29 is 4.39 Å². The van der Waals surface area contributed by atoms with Gasteiger partial charge in [-0.25, -0.2) is 0 Å². The molecule has 0 aliphatic carbocycles. The van der Waals surface area contributed by atoms with Crippen LogP contribution in [0.15, 0.2) is 15.9 Å². The molecule has 0 aliphatic heterocycles. The fourth-order valence-corrected chi connectivity index (χ4v) is 2.25. The summed E-state index contributed by atoms with van der Waals surface area (Å²) < 4.78 is 12.9. The van der Waals surface area contributed by atoms with Gasteiger partial charge in [-0.15, -0.1) is 23.7 Å². The van der Waals surface area contributed by atoms with E-state index in [4.69, 9.17) is 5.73 Å². The highest BCUT2D eigenvalue weighted by atomic mass is 79.9. The number of nitrogens with two attached hydrogens (primary N) is 1. The van der Waals surface area contributed by atoms with Gasteiger partial charge in [0.2, 0.25) is 0 Å². The number of hydrogen-bond acceptors (Lipinski definition) is 2. The molecule has 0 saturated heterocycles. The Morgan fingerprint density at radius 2 is 2.25 bits per heavy atom. The summed E-state index contributed by atoms with van der Waals surface area (Å²) in [6.45, 7) is -0.351. The van der Waals surface area contributed by atoms with Gasteiger partial charge in [0.1, 0.15) is 0 Å². The van der Waals surface area contributed by atoms with Gasteiger partial charge in [-0.3, -0.25) is 4.39 Å². The number of alkyl halides is 1. The maximum Gasteiger partial charge on any atom is 0.0912 e. The maximum atomic E-state index is 11.8. The summed E-state index contributed by atoms with van der Waals surface area (Å²) in [4.78, 5) is 1.04. The molecular weight excluding hydrogens is 265 g/mol. The Morgan fingerprint density at radius 1 is 1.58 bits per heavy atom. The quantitative estimate of drug-likeness (QED) is 0.899. The molecule has 2 N–H and O–H groups in total. The summed E-state index contributed by atoms with van der Waals surface area (Å²) in [5.41, 5.74) is 5.67. The van der Waals surface area contributed by atoms with Crippen LogP contribution in [0.2, 0.25) is 0 Å². The molecule has 0 bridgehead atoms. The molecule has 1 nitrogen and oxygen atoms in total. The van der Waals surface area contributed by atoms with Crippen molar-refractivity contribution in [3.05, 3.63) is 20.8 Å². The first-order chi connectivity index (χ1) is 5.24. The monoisotopic (exact) mass is 273 g/mol. The second-order valence-corrected chi connectivity index (χ2v) is 4.72. The summed E-state index contributed by atoms with van der Waals surface area (Å²) in [6, 6.07) is 3.71. The van der Waals surface area contributed by atoms with E-state index in [1.807, 2.05) is 12.1 Å². The lowest BCUT2D eigenvalue weighted by Crippen LogP contribution is -2.08. The van der Waals surface area contributed by atoms with Crippen LogP contribution in [0, 0.1) is 0 Å². The third kappa shape index (κ3) is 3.39. The fourth-order valence-electron chi connectivity index (χ4n) is 0.787. The highest BCUT2D eigenvalue weighted by Gasteiger charge is 2.07. The van der Waals surface area contributed by atoms with Gasteiger partial charge in [0, 0.05) is 10.9 Å². The summed E-state index contributed by atoms with van der Waals surface area (Å²) >= 11 is 4.88. The zero-order valence-corrected chi connectivity index (χ0v) is 9.52. The van der Waals surface area contributed by atoms with Crippen molar-refractivity contribution in [3.8, 4) is 0 Å².